The van der Waals surface area contributed by atoms with Gasteiger partial charge >= 0.3 is 5.97 Å². The summed E-state index contributed by atoms with van der Waals surface area (Å²) < 4.78 is 29.6. The summed E-state index contributed by atoms with van der Waals surface area (Å²) in [6, 6.07) is 0. The van der Waals surface area contributed by atoms with Gasteiger partial charge in [-0.3, -0.25) is 9.35 Å². The van der Waals surface area contributed by atoms with Crippen LogP contribution in [0, 0.1) is 11.3 Å². The summed E-state index contributed by atoms with van der Waals surface area (Å²) in [6.45, 7) is 3.91. The van der Waals surface area contributed by atoms with Gasteiger partial charge in [0.05, 0.1) is 5.75 Å². The van der Waals surface area contributed by atoms with Crippen molar-refractivity contribution in [2.75, 3.05) is 5.75 Å². The van der Waals surface area contributed by atoms with E-state index < -0.39 is 16.1 Å². The average Bonchev–Trinajstić information content (AvgIpc) is 2.99. The molecular formula is C14H23NO6S. The van der Waals surface area contributed by atoms with Gasteiger partial charge in [0.25, 0.3) is 10.1 Å². The Balaban J connectivity index is 2.37. The number of carboxylic acid groups (broad SMARTS) is 1. The van der Waals surface area contributed by atoms with Crippen molar-refractivity contribution in [2.24, 2.45) is 11.3 Å². The van der Waals surface area contributed by atoms with E-state index in [1.807, 2.05) is 13.8 Å². The number of carboxylic acids is 1. The molecule has 0 aromatic carbocycles. The Morgan fingerprint density at radius 3 is 2.32 bits per heavy atom. The van der Waals surface area contributed by atoms with Crippen molar-refractivity contribution in [3.63, 3.8) is 0 Å². The maximum absolute atomic E-state index is 11.9. The molecule has 7 nitrogen and oxygen atoms in total. The molecule has 0 aromatic rings. The third-order valence-electron chi connectivity index (χ3n) is 3.77. The molecule has 3 N–H and O–H groups in total. The molecule has 0 aromatic heterocycles. The third kappa shape index (κ3) is 6.57. The number of aliphatic carboxylic acids is 1. The van der Waals surface area contributed by atoms with Gasteiger partial charge in [0.15, 0.2) is 0 Å². The lowest BCUT2D eigenvalue weighted by Gasteiger charge is -2.07. The van der Waals surface area contributed by atoms with Crippen molar-refractivity contribution in [3.05, 3.63) is 11.8 Å². The van der Waals surface area contributed by atoms with Crippen LogP contribution < -0.4 is 5.32 Å². The monoisotopic (exact) mass is 333 g/mol. The van der Waals surface area contributed by atoms with Crippen molar-refractivity contribution in [2.45, 2.75) is 46.0 Å². The molecule has 1 unspecified atom stereocenters. The molecule has 0 spiro atoms. The van der Waals surface area contributed by atoms with E-state index in [2.05, 4.69) is 5.32 Å². The predicted octanol–water partition coefficient (Wildman–Crippen LogP) is 1.57. The maximum Gasteiger partial charge on any atom is 0.352 e. The fraction of sp³-hybridized carbons (Fsp3) is 0.714. The van der Waals surface area contributed by atoms with Gasteiger partial charge in [-0.25, -0.2) is 4.79 Å². The molecule has 0 radical (unpaired) electrons. The highest BCUT2D eigenvalue weighted by Gasteiger charge is 2.50. The number of carbonyl (C=O) groups excluding carboxylic acids is 1. The standard InChI is InChI=1S/C14H23NO6S/c1-14(2)9-10(14)12(16)15-11(13(17)18)7-5-3-4-6-8-22(19,20)21/h7,10H,3-6,8-9H2,1-2H3,(H,15,16)(H,17,18)(H,19,20,21)/b11-7-. The van der Waals surface area contributed by atoms with E-state index in [9.17, 15) is 18.0 Å². The van der Waals surface area contributed by atoms with Crippen molar-refractivity contribution in [1.82, 2.24) is 5.32 Å². The average molecular weight is 333 g/mol. The van der Waals surface area contributed by atoms with E-state index >= 15 is 0 Å². The molecule has 1 rings (SSSR count). The minimum Gasteiger partial charge on any atom is -0.477 e. The third-order valence-corrected chi connectivity index (χ3v) is 4.58. The van der Waals surface area contributed by atoms with Gasteiger partial charge < -0.3 is 10.4 Å². The second-order valence-electron chi connectivity index (χ2n) is 6.29. The van der Waals surface area contributed by atoms with Crippen LogP contribution in [-0.4, -0.2) is 35.7 Å². The van der Waals surface area contributed by atoms with Crippen molar-refractivity contribution in [1.29, 1.82) is 0 Å². The molecule has 1 atom stereocenters. The summed E-state index contributed by atoms with van der Waals surface area (Å²) in [6.07, 6.45) is 4.05. The van der Waals surface area contributed by atoms with Gasteiger partial charge in [-0.05, 0) is 31.1 Å². The number of allylic oxidation sites excluding steroid dienone is 1. The maximum atomic E-state index is 11.9. The normalized spacial score (nSPS) is 20.5. The van der Waals surface area contributed by atoms with Crippen LogP contribution in [0.25, 0.3) is 0 Å². The van der Waals surface area contributed by atoms with Crippen LogP contribution in [0.4, 0.5) is 0 Å². The Kier molecular flexibility index (Phi) is 6.13. The van der Waals surface area contributed by atoms with Gasteiger partial charge in [0, 0.05) is 5.92 Å². The van der Waals surface area contributed by atoms with Gasteiger partial charge in [-0.15, -0.1) is 0 Å². The second kappa shape index (κ2) is 7.23. The predicted molar refractivity (Wildman–Crippen MR) is 80.6 cm³/mol. The van der Waals surface area contributed by atoms with E-state index in [4.69, 9.17) is 9.66 Å². The number of amides is 1. The molecule has 126 valence electrons. The Morgan fingerprint density at radius 1 is 1.27 bits per heavy atom. The minimum atomic E-state index is -3.94. The van der Waals surface area contributed by atoms with Crippen molar-refractivity contribution < 1.29 is 27.7 Å². The van der Waals surface area contributed by atoms with Crippen LogP contribution in [0.15, 0.2) is 11.8 Å². The highest BCUT2D eigenvalue weighted by Crippen LogP contribution is 2.51. The van der Waals surface area contributed by atoms with Crippen LogP contribution in [0.1, 0.15) is 46.0 Å². The van der Waals surface area contributed by atoms with E-state index in [0.717, 1.165) is 6.42 Å². The molecule has 1 fully saturated rings. The summed E-state index contributed by atoms with van der Waals surface area (Å²) in [4.78, 5) is 23.0. The fourth-order valence-electron chi connectivity index (χ4n) is 2.18. The zero-order valence-electron chi connectivity index (χ0n) is 12.8. The number of hydrogen-bond donors (Lipinski definition) is 3. The number of nitrogens with one attached hydrogen (secondary N) is 1. The summed E-state index contributed by atoms with van der Waals surface area (Å²) in [5, 5.41) is 11.5. The Morgan fingerprint density at radius 2 is 1.86 bits per heavy atom. The van der Waals surface area contributed by atoms with E-state index in [1.165, 1.54) is 6.08 Å². The minimum absolute atomic E-state index is 0.0660. The molecular weight excluding hydrogens is 310 g/mol. The first kappa shape index (κ1) is 18.6. The summed E-state index contributed by atoms with van der Waals surface area (Å²) in [5.74, 6) is -1.91. The number of unbranched alkanes of at least 4 members (excludes halogenated alkanes) is 3. The largest absolute Gasteiger partial charge is 0.477 e. The summed E-state index contributed by atoms with van der Waals surface area (Å²) >= 11 is 0. The zero-order chi connectivity index (χ0) is 17.0. The van der Waals surface area contributed by atoms with E-state index in [1.54, 1.807) is 0 Å². The van der Waals surface area contributed by atoms with Crippen molar-refractivity contribution >= 4 is 22.0 Å². The first-order valence-corrected chi connectivity index (χ1v) is 8.83. The first-order chi connectivity index (χ1) is 10.0. The summed E-state index contributed by atoms with van der Waals surface area (Å²) in [7, 11) is -3.94. The zero-order valence-corrected chi connectivity index (χ0v) is 13.6. The first-order valence-electron chi connectivity index (χ1n) is 7.22. The van der Waals surface area contributed by atoms with Crippen LogP contribution in [0.5, 0.6) is 0 Å². The molecule has 0 bridgehead atoms. The molecule has 1 aliphatic carbocycles. The van der Waals surface area contributed by atoms with E-state index in [-0.39, 0.29) is 28.7 Å². The lowest BCUT2D eigenvalue weighted by molar-refractivity contribution is -0.135. The van der Waals surface area contributed by atoms with Crippen LogP contribution in [-0.2, 0) is 19.7 Å². The Bertz CT molecular complexity index is 564. The summed E-state index contributed by atoms with van der Waals surface area (Å²) in [5.41, 5.74) is -0.203. The Labute approximate surface area is 130 Å². The SMILES string of the molecule is CC1(C)CC1C(=O)N/C(=C\CCCCCS(=O)(=O)O)C(=O)O. The van der Waals surface area contributed by atoms with Gasteiger partial charge in [-0.1, -0.05) is 26.3 Å². The molecule has 1 saturated carbocycles. The van der Waals surface area contributed by atoms with Gasteiger partial charge in [0.1, 0.15) is 5.70 Å². The van der Waals surface area contributed by atoms with Crippen molar-refractivity contribution in [3.8, 4) is 0 Å². The van der Waals surface area contributed by atoms with E-state index in [0.29, 0.717) is 25.7 Å². The van der Waals surface area contributed by atoms with Crippen LogP contribution in [0.2, 0.25) is 0 Å². The quantitative estimate of drug-likeness (QED) is 0.334. The number of carbonyl (C=O) groups is 2. The fourth-order valence-corrected chi connectivity index (χ4v) is 2.75. The van der Waals surface area contributed by atoms with Gasteiger partial charge in [-0.2, -0.15) is 8.42 Å². The molecule has 0 aliphatic heterocycles. The molecule has 1 amide bonds. The molecule has 0 saturated heterocycles. The second-order valence-corrected chi connectivity index (χ2v) is 7.86. The molecule has 8 heteroatoms. The Hall–Kier alpha value is -1.41. The smallest absolute Gasteiger partial charge is 0.352 e. The molecule has 0 heterocycles. The van der Waals surface area contributed by atoms with Crippen LogP contribution in [0.3, 0.4) is 0 Å². The number of rotatable bonds is 9. The van der Waals surface area contributed by atoms with Gasteiger partial charge in [0.2, 0.25) is 5.91 Å². The lowest BCUT2D eigenvalue weighted by atomic mass is 10.1. The van der Waals surface area contributed by atoms with Crippen LogP contribution >= 0.6 is 0 Å². The lowest BCUT2D eigenvalue weighted by Crippen LogP contribution is -2.29. The highest BCUT2D eigenvalue weighted by molar-refractivity contribution is 7.85. The number of hydrogen-bond acceptors (Lipinski definition) is 4. The molecule has 1 aliphatic rings. The molecule has 22 heavy (non-hydrogen) atoms. The topological polar surface area (TPSA) is 121 Å². The highest BCUT2D eigenvalue weighted by atomic mass is 32.2.